The monoisotopic (exact) mass is 813 g/mol. The summed E-state index contributed by atoms with van der Waals surface area (Å²) in [5.74, 6) is 1.00. The maximum atomic E-state index is 12.9. The molecule has 3 aromatic carbocycles. The van der Waals surface area contributed by atoms with Gasteiger partial charge >= 0.3 is 0 Å². The van der Waals surface area contributed by atoms with Gasteiger partial charge in [0.1, 0.15) is 5.75 Å². The summed E-state index contributed by atoms with van der Waals surface area (Å²) >= 11 is 3.26. The number of carbonyl (C=O) groups is 1. The number of H-pyrrole nitrogens is 1. The predicted molar refractivity (Wildman–Crippen MR) is 235 cm³/mol. The Morgan fingerprint density at radius 3 is 2.25 bits per heavy atom. The van der Waals surface area contributed by atoms with Gasteiger partial charge in [-0.05, 0) is 48.9 Å². The number of non-ortho nitro benzene ring substituents is 1. The van der Waals surface area contributed by atoms with Gasteiger partial charge in [-0.15, -0.1) is 16.9 Å². The lowest BCUT2D eigenvalue weighted by molar-refractivity contribution is -0.385. The number of hydrogen-bond donors (Lipinski definition) is 3. The van der Waals surface area contributed by atoms with E-state index in [0.29, 0.717) is 17.2 Å². The number of thioether (sulfide) groups is 1. The van der Waals surface area contributed by atoms with Gasteiger partial charge in [0.25, 0.3) is 5.69 Å². The fourth-order valence-electron chi connectivity index (χ4n) is 6.21. The predicted octanol–water partition coefficient (Wildman–Crippen LogP) is 12.5. The first kappa shape index (κ1) is 43.6. The topological polar surface area (TPSA) is 139 Å². The lowest BCUT2D eigenvalue weighted by Gasteiger charge is -2.25. The maximum absolute atomic E-state index is 12.9. The summed E-state index contributed by atoms with van der Waals surface area (Å²) in [7, 11) is 0. The number of nitro groups is 1. The zero-order chi connectivity index (χ0) is 41.4. The van der Waals surface area contributed by atoms with Crippen molar-refractivity contribution in [3.63, 3.8) is 0 Å². The van der Waals surface area contributed by atoms with Crippen molar-refractivity contribution >= 4 is 52.1 Å². The van der Waals surface area contributed by atoms with E-state index in [9.17, 15) is 14.9 Å². The van der Waals surface area contributed by atoms with Crippen LogP contribution in [-0.4, -0.2) is 42.1 Å². The smallest absolute Gasteiger partial charge is 0.273 e. The van der Waals surface area contributed by atoms with Gasteiger partial charge in [-0.2, -0.15) is 4.63 Å². The van der Waals surface area contributed by atoms with Gasteiger partial charge in [0, 0.05) is 37.8 Å². The molecule has 0 aliphatic heterocycles. The molecule has 0 atom stereocenters. The van der Waals surface area contributed by atoms with Gasteiger partial charge in [0.15, 0.2) is 18.2 Å². The van der Waals surface area contributed by atoms with E-state index in [1.54, 1.807) is 40.3 Å². The van der Waals surface area contributed by atoms with Gasteiger partial charge in [-0.3, -0.25) is 20.0 Å². The summed E-state index contributed by atoms with van der Waals surface area (Å²) in [5, 5.41) is 26.3. The molecule has 0 fully saturated rings. The van der Waals surface area contributed by atoms with Crippen molar-refractivity contribution in [2.24, 2.45) is 5.41 Å². The Labute approximate surface area is 346 Å². The molecule has 13 heteroatoms. The van der Waals surface area contributed by atoms with E-state index >= 15 is 0 Å². The number of benzene rings is 3. The van der Waals surface area contributed by atoms with E-state index in [-0.39, 0.29) is 33.4 Å². The molecule has 3 N–H and O–H groups in total. The molecule has 0 aliphatic rings. The molecule has 11 nitrogen and oxygen atoms in total. The zero-order valence-corrected chi connectivity index (χ0v) is 36.6. The van der Waals surface area contributed by atoms with Crippen molar-refractivity contribution in [3.05, 3.63) is 82.5 Å². The minimum absolute atomic E-state index is 0.0000726. The molecular formula is C44H59N7O4S2. The first-order valence-corrected chi connectivity index (χ1v) is 21.6. The first-order chi connectivity index (χ1) is 26.9. The van der Waals surface area contributed by atoms with Crippen molar-refractivity contribution in [2.45, 2.75) is 139 Å². The number of carbonyl (C=O) groups excluding carboxylic acids is 1. The summed E-state index contributed by atoms with van der Waals surface area (Å²) < 4.78 is 7.83. The van der Waals surface area contributed by atoms with Gasteiger partial charge in [-0.1, -0.05) is 131 Å². The molecule has 0 saturated heterocycles. The Morgan fingerprint density at radius 2 is 1.58 bits per heavy atom. The number of nitro benzene ring substituents is 1. The Kier molecular flexibility index (Phi) is 14.4. The Balaban J connectivity index is 1.27. The molecule has 306 valence electrons. The molecule has 5 aromatic rings. The highest BCUT2D eigenvalue weighted by Gasteiger charge is 2.28. The minimum Gasteiger partial charge on any atom is -0.472 e. The molecule has 0 spiro atoms. The number of aromatic amines is 1. The second-order valence-corrected chi connectivity index (χ2v) is 20.0. The Hall–Kier alpha value is -4.49. The molecule has 0 unspecified atom stereocenters. The third-order valence-electron chi connectivity index (χ3n) is 9.59. The third-order valence-corrected chi connectivity index (χ3v) is 12.1. The lowest BCUT2D eigenvalue weighted by atomic mass is 9.92. The normalized spacial score (nSPS) is 12.2. The van der Waals surface area contributed by atoms with Gasteiger partial charge < -0.3 is 15.4 Å². The third kappa shape index (κ3) is 12.0. The van der Waals surface area contributed by atoms with E-state index in [1.165, 1.54) is 44.6 Å². The number of rotatable bonds is 19. The van der Waals surface area contributed by atoms with Gasteiger partial charge in [-0.25, -0.2) is 4.98 Å². The van der Waals surface area contributed by atoms with E-state index < -0.39 is 5.41 Å². The number of ether oxygens (including phenoxy) is 1. The molecule has 0 bridgehead atoms. The highest BCUT2D eigenvalue weighted by atomic mass is 32.2. The highest BCUT2D eigenvalue weighted by molar-refractivity contribution is 8.00. The molecule has 2 aromatic heterocycles. The summed E-state index contributed by atoms with van der Waals surface area (Å²) in [6, 6.07) is 20.5. The van der Waals surface area contributed by atoms with E-state index in [1.807, 2.05) is 69.3 Å². The standard InChI is InChI=1S/C44H59N7O4S2/c1-10-11-12-13-14-15-18-27-44(8,9)57-36-26-25-32(51(53)54)28-34(36)55-29-45-31-23-21-30(22-24-31)39-47-40-37(38(42(2,3)4)48-50(40)49-39)56-35-20-17-16-19-33(35)46-41(52)43(5,6)7/h16-17,19-26,28,45,48H,10-15,18,27,29H2,1-9H3,(H,46,52). The summed E-state index contributed by atoms with van der Waals surface area (Å²) in [4.78, 5) is 31.9. The fraction of sp³-hybridized carbons (Fsp3) is 0.477. The molecular weight excluding hydrogens is 755 g/mol. The first-order valence-electron chi connectivity index (χ1n) is 20.0. The summed E-state index contributed by atoms with van der Waals surface area (Å²) in [6.07, 6.45) is 9.87. The number of amides is 1. The van der Waals surface area contributed by atoms with Crippen LogP contribution in [0.25, 0.3) is 17.0 Å². The maximum Gasteiger partial charge on any atom is 0.273 e. The van der Waals surface area contributed by atoms with E-state index in [2.05, 4.69) is 57.3 Å². The quantitative estimate of drug-likeness (QED) is 0.0244. The van der Waals surface area contributed by atoms with Crippen LogP contribution in [0.5, 0.6) is 5.75 Å². The number of aromatic nitrogens is 4. The minimum atomic E-state index is -0.535. The molecule has 5 rings (SSSR count). The average Bonchev–Trinajstić information content (AvgIpc) is 3.72. The summed E-state index contributed by atoms with van der Waals surface area (Å²) in [5.41, 5.74) is 3.34. The van der Waals surface area contributed by atoms with Crippen LogP contribution >= 0.6 is 23.5 Å². The second-order valence-electron chi connectivity index (χ2n) is 17.2. The van der Waals surface area contributed by atoms with Crippen LogP contribution < -0.4 is 15.4 Å². The molecule has 57 heavy (non-hydrogen) atoms. The van der Waals surface area contributed by atoms with Crippen LogP contribution in [0.1, 0.15) is 119 Å². The van der Waals surface area contributed by atoms with Crippen molar-refractivity contribution in [1.82, 2.24) is 19.8 Å². The number of nitrogens with zero attached hydrogens (tertiary/aromatic N) is 4. The van der Waals surface area contributed by atoms with Gasteiger partial charge in [0.2, 0.25) is 5.91 Å². The van der Waals surface area contributed by atoms with Crippen molar-refractivity contribution in [2.75, 3.05) is 17.4 Å². The van der Waals surface area contributed by atoms with Crippen LogP contribution in [0, 0.1) is 15.5 Å². The van der Waals surface area contributed by atoms with Crippen LogP contribution in [0.4, 0.5) is 17.1 Å². The zero-order valence-electron chi connectivity index (χ0n) is 35.0. The van der Waals surface area contributed by atoms with Crippen molar-refractivity contribution in [1.29, 1.82) is 0 Å². The van der Waals surface area contributed by atoms with Crippen molar-refractivity contribution in [3.8, 4) is 17.1 Å². The molecule has 2 heterocycles. The van der Waals surface area contributed by atoms with Crippen LogP contribution in [0.2, 0.25) is 0 Å². The summed E-state index contributed by atoms with van der Waals surface area (Å²) in [6.45, 7) is 18.9. The average molecular weight is 814 g/mol. The number of hydrogen-bond acceptors (Lipinski definition) is 9. The number of fused-ring (bicyclic) bond motifs is 1. The number of unbranched alkanes of at least 4 members (excludes halogenated alkanes) is 6. The Morgan fingerprint density at radius 1 is 0.895 bits per heavy atom. The van der Waals surface area contributed by atoms with Crippen LogP contribution in [0.15, 0.2) is 81.4 Å². The highest BCUT2D eigenvalue weighted by Crippen LogP contribution is 2.43. The molecule has 0 radical (unpaired) electrons. The molecule has 0 saturated carbocycles. The van der Waals surface area contributed by atoms with Crippen molar-refractivity contribution < 1.29 is 14.5 Å². The molecule has 0 aliphatic carbocycles. The second kappa shape index (κ2) is 18.8. The SMILES string of the molecule is CCCCCCCCCC(C)(C)Sc1ccc([N+](=O)[O-])cc1OCNc1ccc(-c2nc3c(Sc4ccccc4NC(=O)C(C)(C)C)c(C(C)(C)C)[nH]n3n2)cc1. The largest absolute Gasteiger partial charge is 0.472 e. The number of anilines is 2. The fourth-order valence-corrected chi connectivity index (χ4v) is 8.68. The number of nitrogens with one attached hydrogen (secondary N) is 3. The van der Waals surface area contributed by atoms with Gasteiger partial charge in [0.05, 0.1) is 32.2 Å². The van der Waals surface area contributed by atoms with E-state index in [0.717, 1.165) is 50.2 Å². The Bertz CT molecular complexity index is 2130. The number of para-hydroxylation sites is 1. The van der Waals surface area contributed by atoms with E-state index in [4.69, 9.17) is 14.8 Å². The van der Waals surface area contributed by atoms with Crippen LogP contribution in [-0.2, 0) is 10.2 Å². The molecule has 1 amide bonds. The van der Waals surface area contributed by atoms with Crippen LogP contribution in [0.3, 0.4) is 0 Å². The lowest BCUT2D eigenvalue weighted by Crippen LogP contribution is -2.27.